The number of hydrogen-bond acceptors (Lipinski definition) is 4. The molecule has 4 nitrogen and oxygen atoms in total. The number of benzene rings is 2. The zero-order valence-electron chi connectivity index (χ0n) is 18.5. The van der Waals surface area contributed by atoms with Crippen LogP contribution >= 0.6 is 0 Å². The van der Waals surface area contributed by atoms with Crippen LogP contribution in [0, 0.1) is 5.92 Å². The van der Waals surface area contributed by atoms with Crippen LogP contribution in [0.3, 0.4) is 0 Å². The van der Waals surface area contributed by atoms with Crippen molar-refractivity contribution in [2.45, 2.75) is 63.6 Å². The number of esters is 1. The Morgan fingerprint density at radius 3 is 2.23 bits per heavy atom. The molecule has 1 aliphatic heterocycles. The van der Waals surface area contributed by atoms with Gasteiger partial charge >= 0.3 is 5.97 Å². The SMILES string of the molecule is O=C(OCc1ccc(CCN2CCCCC2)cc1)C(O)(c1ccccc1)C1CCCC1. The molecular formula is C27H35NO3. The highest BCUT2D eigenvalue weighted by atomic mass is 16.5. The topological polar surface area (TPSA) is 49.8 Å². The van der Waals surface area contributed by atoms with Crippen LogP contribution in [0.4, 0.5) is 0 Å². The Kier molecular flexibility index (Phi) is 7.41. The number of piperidine rings is 1. The molecule has 2 aliphatic rings. The number of carbonyl (C=O) groups excluding carboxylic acids is 1. The molecule has 166 valence electrons. The smallest absolute Gasteiger partial charge is 0.343 e. The first-order chi connectivity index (χ1) is 15.2. The van der Waals surface area contributed by atoms with E-state index in [-0.39, 0.29) is 12.5 Å². The van der Waals surface area contributed by atoms with Crippen molar-refractivity contribution in [3.63, 3.8) is 0 Å². The van der Waals surface area contributed by atoms with E-state index in [1.54, 1.807) is 0 Å². The van der Waals surface area contributed by atoms with Crippen molar-refractivity contribution in [3.05, 3.63) is 71.3 Å². The van der Waals surface area contributed by atoms with E-state index in [2.05, 4.69) is 17.0 Å². The maximum absolute atomic E-state index is 13.1. The van der Waals surface area contributed by atoms with Crippen molar-refractivity contribution >= 4 is 5.97 Å². The third kappa shape index (κ3) is 5.36. The minimum atomic E-state index is -1.56. The molecule has 0 radical (unpaired) electrons. The van der Waals surface area contributed by atoms with E-state index < -0.39 is 11.6 Å². The van der Waals surface area contributed by atoms with Gasteiger partial charge in [0, 0.05) is 12.5 Å². The van der Waals surface area contributed by atoms with Crippen molar-refractivity contribution in [2.75, 3.05) is 19.6 Å². The number of ether oxygens (including phenoxy) is 1. The highest BCUT2D eigenvalue weighted by Gasteiger charge is 2.47. The Balaban J connectivity index is 1.35. The molecule has 0 aromatic heterocycles. The van der Waals surface area contributed by atoms with E-state index in [4.69, 9.17) is 4.74 Å². The quantitative estimate of drug-likeness (QED) is 0.620. The highest BCUT2D eigenvalue weighted by Crippen LogP contribution is 2.41. The second kappa shape index (κ2) is 10.4. The van der Waals surface area contributed by atoms with Gasteiger partial charge in [-0.15, -0.1) is 0 Å². The van der Waals surface area contributed by atoms with Crippen LogP contribution in [0.1, 0.15) is 61.6 Å². The van der Waals surface area contributed by atoms with Gasteiger partial charge in [0.15, 0.2) is 5.60 Å². The predicted octanol–water partition coefficient (Wildman–Crippen LogP) is 4.84. The summed E-state index contributed by atoms with van der Waals surface area (Å²) in [4.78, 5) is 15.6. The molecule has 1 N–H and O–H groups in total. The molecule has 1 unspecified atom stereocenters. The lowest BCUT2D eigenvalue weighted by Gasteiger charge is -2.32. The summed E-state index contributed by atoms with van der Waals surface area (Å²) < 4.78 is 5.66. The molecule has 0 amide bonds. The Hall–Kier alpha value is -2.17. The first-order valence-electron chi connectivity index (χ1n) is 11.9. The lowest BCUT2D eigenvalue weighted by atomic mass is 9.80. The number of carbonyl (C=O) groups is 1. The van der Waals surface area contributed by atoms with E-state index in [9.17, 15) is 9.90 Å². The van der Waals surface area contributed by atoms with E-state index in [0.29, 0.717) is 5.56 Å². The van der Waals surface area contributed by atoms with Crippen LogP contribution in [0.5, 0.6) is 0 Å². The number of nitrogens with zero attached hydrogens (tertiary/aromatic N) is 1. The predicted molar refractivity (Wildman–Crippen MR) is 123 cm³/mol. The fourth-order valence-corrected chi connectivity index (χ4v) is 5.09. The summed E-state index contributed by atoms with van der Waals surface area (Å²) in [6, 6.07) is 17.6. The molecule has 2 aromatic rings. The zero-order valence-corrected chi connectivity index (χ0v) is 18.5. The third-order valence-electron chi connectivity index (χ3n) is 7.03. The standard InChI is InChI=1S/C27H35NO3/c29-26(27(30,25-11-5-6-12-25)24-9-3-1-4-10-24)31-21-23-15-13-22(14-16-23)17-20-28-18-7-2-8-19-28/h1,3-4,9-10,13-16,25,30H,2,5-8,11-12,17-21H2. The van der Waals surface area contributed by atoms with Gasteiger partial charge in [0.1, 0.15) is 6.61 Å². The molecule has 0 spiro atoms. The molecule has 1 aliphatic carbocycles. The second-order valence-electron chi connectivity index (χ2n) is 9.16. The number of hydrogen-bond donors (Lipinski definition) is 1. The van der Waals surface area contributed by atoms with Gasteiger partial charge in [-0.3, -0.25) is 0 Å². The molecule has 2 fully saturated rings. The summed E-state index contributed by atoms with van der Waals surface area (Å²) >= 11 is 0. The largest absolute Gasteiger partial charge is 0.458 e. The Labute approximate surface area is 186 Å². The number of aliphatic hydroxyl groups is 1. The normalized spacial score (nSPS) is 19.8. The van der Waals surface area contributed by atoms with Crippen molar-refractivity contribution in [1.82, 2.24) is 4.90 Å². The summed E-state index contributed by atoms with van der Waals surface area (Å²) in [6.07, 6.45) is 8.86. The average Bonchev–Trinajstić information content (AvgIpc) is 3.38. The van der Waals surface area contributed by atoms with Gasteiger partial charge in [0.25, 0.3) is 0 Å². The molecule has 31 heavy (non-hydrogen) atoms. The minimum Gasteiger partial charge on any atom is -0.458 e. The van der Waals surface area contributed by atoms with E-state index in [1.807, 2.05) is 42.5 Å². The summed E-state index contributed by atoms with van der Waals surface area (Å²) in [5.74, 6) is -0.612. The summed E-state index contributed by atoms with van der Waals surface area (Å²) in [6.45, 7) is 3.74. The van der Waals surface area contributed by atoms with Gasteiger partial charge in [-0.1, -0.05) is 73.9 Å². The van der Waals surface area contributed by atoms with Crippen molar-refractivity contribution in [2.24, 2.45) is 5.92 Å². The maximum Gasteiger partial charge on any atom is 0.343 e. The van der Waals surface area contributed by atoms with Crippen LogP contribution in [-0.4, -0.2) is 35.6 Å². The first-order valence-corrected chi connectivity index (χ1v) is 11.9. The van der Waals surface area contributed by atoms with Gasteiger partial charge in [0.05, 0.1) is 0 Å². The molecule has 1 heterocycles. The number of rotatable bonds is 8. The van der Waals surface area contributed by atoms with Crippen LogP contribution in [0.25, 0.3) is 0 Å². The Bertz CT molecular complexity index is 823. The minimum absolute atomic E-state index is 0.0837. The summed E-state index contributed by atoms with van der Waals surface area (Å²) in [7, 11) is 0. The van der Waals surface area contributed by atoms with Crippen LogP contribution < -0.4 is 0 Å². The summed E-state index contributed by atoms with van der Waals surface area (Å²) in [5, 5.41) is 11.5. The van der Waals surface area contributed by atoms with Gasteiger partial charge in [-0.05, 0) is 61.9 Å². The first kappa shape index (κ1) is 22.0. The lowest BCUT2D eigenvalue weighted by Crippen LogP contribution is -2.43. The molecule has 1 saturated heterocycles. The molecular weight excluding hydrogens is 386 g/mol. The highest BCUT2D eigenvalue weighted by molar-refractivity contribution is 5.81. The molecule has 2 aromatic carbocycles. The zero-order chi connectivity index (χ0) is 21.5. The van der Waals surface area contributed by atoms with Gasteiger partial charge in [-0.25, -0.2) is 4.79 Å². The fraction of sp³-hybridized carbons (Fsp3) is 0.519. The molecule has 0 bridgehead atoms. The van der Waals surface area contributed by atoms with Crippen LogP contribution in [0.2, 0.25) is 0 Å². The summed E-state index contributed by atoms with van der Waals surface area (Å²) in [5.41, 5.74) is 1.34. The van der Waals surface area contributed by atoms with Gasteiger partial charge in [0.2, 0.25) is 0 Å². The second-order valence-corrected chi connectivity index (χ2v) is 9.16. The molecule has 1 atom stereocenters. The van der Waals surface area contributed by atoms with Crippen molar-refractivity contribution in [3.8, 4) is 0 Å². The fourth-order valence-electron chi connectivity index (χ4n) is 5.09. The van der Waals surface area contributed by atoms with Crippen molar-refractivity contribution < 1.29 is 14.6 Å². The van der Waals surface area contributed by atoms with Gasteiger partial charge in [-0.2, -0.15) is 0 Å². The van der Waals surface area contributed by atoms with Crippen LogP contribution in [0.15, 0.2) is 54.6 Å². The van der Waals surface area contributed by atoms with E-state index in [0.717, 1.165) is 44.2 Å². The Morgan fingerprint density at radius 2 is 1.55 bits per heavy atom. The monoisotopic (exact) mass is 421 g/mol. The Morgan fingerprint density at radius 1 is 0.903 bits per heavy atom. The number of likely N-dealkylation sites (tertiary alicyclic amines) is 1. The average molecular weight is 422 g/mol. The third-order valence-corrected chi connectivity index (χ3v) is 7.03. The molecule has 4 heteroatoms. The van der Waals surface area contributed by atoms with Crippen LogP contribution in [-0.2, 0) is 28.2 Å². The lowest BCUT2D eigenvalue weighted by molar-refractivity contribution is -0.175. The van der Waals surface area contributed by atoms with Crippen molar-refractivity contribution in [1.29, 1.82) is 0 Å². The van der Waals surface area contributed by atoms with Gasteiger partial charge < -0.3 is 14.7 Å². The van der Waals surface area contributed by atoms with E-state index >= 15 is 0 Å². The molecule has 1 saturated carbocycles. The molecule has 4 rings (SSSR count). The van der Waals surface area contributed by atoms with E-state index in [1.165, 1.54) is 37.9 Å². The maximum atomic E-state index is 13.1.